The van der Waals surface area contributed by atoms with E-state index in [-0.39, 0.29) is 0 Å². The third-order valence-corrected chi connectivity index (χ3v) is 2.72. The highest BCUT2D eigenvalue weighted by molar-refractivity contribution is 5.73. The van der Waals surface area contributed by atoms with Gasteiger partial charge >= 0.3 is 0 Å². The molecule has 0 saturated carbocycles. The summed E-state index contributed by atoms with van der Waals surface area (Å²) in [5.74, 6) is 2.09. The molecule has 0 N–H and O–H groups in total. The minimum atomic E-state index is 0.389. The SMILES string of the molecule is COc1cc(OC)c(-c2ncc(C#N)cn2)c(OC)c1. The summed E-state index contributed by atoms with van der Waals surface area (Å²) in [5.41, 5.74) is 1.00. The first-order valence-electron chi connectivity index (χ1n) is 5.76. The second-order valence-corrected chi connectivity index (χ2v) is 3.81. The van der Waals surface area contributed by atoms with E-state index in [1.54, 1.807) is 33.5 Å². The molecular formula is C14H13N3O3. The van der Waals surface area contributed by atoms with E-state index in [9.17, 15) is 0 Å². The van der Waals surface area contributed by atoms with Gasteiger partial charge in [0.2, 0.25) is 0 Å². The molecule has 0 amide bonds. The number of aromatic nitrogens is 2. The highest BCUT2D eigenvalue weighted by Crippen LogP contribution is 2.39. The lowest BCUT2D eigenvalue weighted by molar-refractivity contribution is 0.377. The van der Waals surface area contributed by atoms with Crippen molar-refractivity contribution in [1.82, 2.24) is 9.97 Å². The van der Waals surface area contributed by atoms with Crippen molar-refractivity contribution in [2.24, 2.45) is 0 Å². The Labute approximate surface area is 116 Å². The number of ether oxygens (including phenoxy) is 3. The van der Waals surface area contributed by atoms with Crippen molar-refractivity contribution in [3.63, 3.8) is 0 Å². The van der Waals surface area contributed by atoms with Crippen LogP contribution in [0, 0.1) is 11.3 Å². The molecule has 0 spiro atoms. The molecule has 0 bridgehead atoms. The van der Waals surface area contributed by atoms with Gasteiger partial charge in [-0.05, 0) is 0 Å². The van der Waals surface area contributed by atoms with Crippen LogP contribution in [0.1, 0.15) is 5.56 Å². The van der Waals surface area contributed by atoms with Gasteiger partial charge in [-0.15, -0.1) is 0 Å². The van der Waals surface area contributed by atoms with Crippen LogP contribution in [0.25, 0.3) is 11.4 Å². The Morgan fingerprint density at radius 1 is 0.950 bits per heavy atom. The van der Waals surface area contributed by atoms with E-state index in [4.69, 9.17) is 19.5 Å². The predicted molar refractivity (Wildman–Crippen MR) is 71.8 cm³/mol. The van der Waals surface area contributed by atoms with Crippen LogP contribution in [0.2, 0.25) is 0 Å². The van der Waals surface area contributed by atoms with Crippen molar-refractivity contribution in [3.8, 4) is 34.7 Å². The summed E-state index contributed by atoms with van der Waals surface area (Å²) in [5, 5.41) is 8.77. The first-order chi connectivity index (χ1) is 9.73. The van der Waals surface area contributed by atoms with Gasteiger partial charge in [0, 0.05) is 24.5 Å². The van der Waals surface area contributed by atoms with E-state index in [1.165, 1.54) is 12.4 Å². The second-order valence-electron chi connectivity index (χ2n) is 3.81. The molecule has 2 aromatic rings. The highest BCUT2D eigenvalue weighted by atomic mass is 16.5. The zero-order chi connectivity index (χ0) is 14.5. The van der Waals surface area contributed by atoms with Gasteiger partial charge in [0.05, 0.1) is 26.9 Å². The summed E-state index contributed by atoms with van der Waals surface area (Å²) in [4.78, 5) is 8.32. The Balaban J connectivity index is 2.61. The summed E-state index contributed by atoms with van der Waals surface area (Å²) in [6.45, 7) is 0. The Morgan fingerprint density at radius 2 is 1.50 bits per heavy atom. The summed E-state index contributed by atoms with van der Waals surface area (Å²) in [7, 11) is 4.65. The van der Waals surface area contributed by atoms with Crippen LogP contribution in [-0.2, 0) is 0 Å². The molecule has 2 rings (SSSR count). The molecule has 1 heterocycles. The van der Waals surface area contributed by atoms with E-state index in [0.29, 0.717) is 34.2 Å². The summed E-state index contributed by atoms with van der Waals surface area (Å²) in [6, 6.07) is 5.42. The number of rotatable bonds is 4. The van der Waals surface area contributed by atoms with Gasteiger partial charge < -0.3 is 14.2 Å². The molecule has 0 fully saturated rings. The molecule has 1 aromatic carbocycles. The van der Waals surface area contributed by atoms with Crippen LogP contribution < -0.4 is 14.2 Å². The van der Waals surface area contributed by atoms with Crippen LogP contribution in [0.15, 0.2) is 24.5 Å². The van der Waals surface area contributed by atoms with Crippen LogP contribution in [0.4, 0.5) is 0 Å². The lowest BCUT2D eigenvalue weighted by atomic mass is 10.1. The minimum absolute atomic E-state index is 0.389. The fourth-order valence-corrected chi connectivity index (χ4v) is 1.74. The third-order valence-electron chi connectivity index (χ3n) is 2.72. The monoisotopic (exact) mass is 271 g/mol. The molecule has 1 aromatic heterocycles. The summed E-state index contributed by atoms with van der Waals surface area (Å²) >= 11 is 0. The van der Waals surface area contributed by atoms with Crippen LogP contribution in [0.5, 0.6) is 17.2 Å². The second kappa shape index (κ2) is 5.89. The maximum atomic E-state index is 8.77. The number of nitrogens with zero attached hydrogens (tertiary/aromatic N) is 3. The number of hydrogen-bond acceptors (Lipinski definition) is 6. The number of methoxy groups -OCH3 is 3. The van der Waals surface area contributed by atoms with Crippen molar-refractivity contribution in [1.29, 1.82) is 5.26 Å². The molecule has 0 radical (unpaired) electrons. The van der Waals surface area contributed by atoms with E-state index < -0.39 is 0 Å². The summed E-state index contributed by atoms with van der Waals surface area (Å²) in [6.07, 6.45) is 2.90. The van der Waals surface area contributed by atoms with Gasteiger partial charge in [0.25, 0.3) is 0 Å². The molecule has 0 saturated heterocycles. The first kappa shape index (κ1) is 13.6. The Kier molecular flexibility index (Phi) is 4.01. The van der Waals surface area contributed by atoms with Crippen LogP contribution >= 0.6 is 0 Å². The average molecular weight is 271 g/mol. The molecule has 0 unspecified atom stereocenters. The number of hydrogen-bond donors (Lipinski definition) is 0. The normalized spacial score (nSPS) is 9.70. The zero-order valence-corrected chi connectivity index (χ0v) is 11.4. The van der Waals surface area contributed by atoms with Gasteiger partial charge in [-0.3, -0.25) is 0 Å². The third kappa shape index (κ3) is 2.47. The number of nitriles is 1. The van der Waals surface area contributed by atoms with E-state index in [1.807, 2.05) is 6.07 Å². The van der Waals surface area contributed by atoms with Gasteiger partial charge in [-0.2, -0.15) is 5.26 Å². The smallest absolute Gasteiger partial charge is 0.166 e. The predicted octanol–water partition coefficient (Wildman–Crippen LogP) is 2.04. The van der Waals surface area contributed by atoms with Crippen LogP contribution in [0.3, 0.4) is 0 Å². The highest BCUT2D eigenvalue weighted by Gasteiger charge is 2.17. The first-order valence-corrected chi connectivity index (χ1v) is 5.76. The fourth-order valence-electron chi connectivity index (χ4n) is 1.74. The molecule has 0 atom stereocenters. The van der Waals surface area contributed by atoms with E-state index in [2.05, 4.69) is 9.97 Å². The lowest BCUT2D eigenvalue weighted by Crippen LogP contribution is -1.98. The van der Waals surface area contributed by atoms with E-state index in [0.717, 1.165) is 0 Å². The molecule has 6 nitrogen and oxygen atoms in total. The van der Waals surface area contributed by atoms with E-state index >= 15 is 0 Å². The molecule has 0 aliphatic heterocycles. The van der Waals surface area contributed by atoms with Gasteiger partial charge in [-0.25, -0.2) is 9.97 Å². The Bertz CT molecular complexity index is 623. The Hall–Kier alpha value is -2.81. The standard InChI is InChI=1S/C14H13N3O3/c1-18-10-4-11(19-2)13(12(5-10)20-3)14-16-7-9(6-15)8-17-14/h4-5,7-8H,1-3H3. The topological polar surface area (TPSA) is 77.3 Å². The van der Waals surface area contributed by atoms with Crippen molar-refractivity contribution in [2.45, 2.75) is 0 Å². The van der Waals surface area contributed by atoms with Crippen LogP contribution in [-0.4, -0.2) is 31.3 Å². The molecular weight excluding hydrogens is 258 g/mol. The maximum Gasteiger partial charge on any atom is 0.166 e. The average Bonchev–Trinajstić information content (AvgIpc) is 2.53. The molecule has 6 heteroatoms. The molecule has 0 aliphatic rings. The number of benzene rings is 1. The summed E-state index contributed by atoms with van der Waals surface area (Å²) < 4.78 is 15.9. The Morgan fingerprint density at radius 3 is 1.90 bits per heavy atom. The molecule has 102 valence electrons. The maximum absolute atomic E-state index is 8.77. The fraction of sp³-hybridized carbons (Fsp3) is 0.214. The lowest BCUT2D eigenvalue weighted by Gasteiger charge is -2.13. The minimum Gasteiger partial charge on any atom is -0.496 e. The van der Waals surface area contributed by atoms with Gasteiger partial charge in [-0.1, -0.05) is 0 Å². The van der Waals surface area contributed by atoms with Crippen molar-refractivity contribution >= 4 is 0 Å². The molecule has 20 heavy (non-hydrogen) atoms. The van der Waals surface area contributed by atoms with Gasteiger partial charge in [0.1, 0.15) is 28.9 Å². The van der Waals surface area contributed by atoms with Crippen molar-refractivity contribution in [2.75, 3.05) is 21.3 Å². The van der Waals surface area contributed by atoms with Gasteiger partial charge in [0.15, 0.2) is 5.82 Å². The zero-order valence-electron chi connectivity index (χ0n) is 11.4. The molecule has 0 aliphatic carbocycles. The van der Waals surface area contributed by atoms with Crippen molar-refractivity contribution < 1.29 is 14.2 Å². The van der Waals surface area contributed by atoms with Crippen molar-refractivity contribution in [3.05, 3.63) is 30.1 Å². The largest absolute Gasteiger partial charge is 0.496 e. The quantitative estimate of drug-likeness (QED) is 0.846.